The smallest absolute Gasteiger partial charge is 0.213 e. The van der Waals surface area contributed by atoms with Gasteiger partial charge in [-0.25, -0.2) is 4.98 Å². The average Bonchev–Trinajstić information content (AvgIpc) is 2.17. The topological polar surface area (TPSA) is 45.9 Å². The molecule has 13 heavy (non-hydrogen) atoms. The zero-order valence-corrected chi connectivity index (χ0v) is 7.40. The van der Waals surface area contributed by atoms with Crippen molar-refractivity contribution in [1.29, 1.82) is 5.26 Å². The van der Waals surface area contributed by atoms with Gasteiger partial charge in [0, 0.05) is 18.3 Å². The van der Waals surface area contributed by atoms with Gasteiger partial charge >= 0.3 is 0 Å². The van der Waals surface area contributed by atoms with Crippen molar-refractivity contribution >= 4 is 6.08 Å². The van der Waals surface area contributed by atoms with Crippen LogP contribution in [0.15, 0.2) is 24.4 Å². The average molecular weight is 174 g/mol. The predicted octanol–water partition coefficient (Wildman–Crippen LogP) is 2.02. The number of nitrogens with zero attached hydrogens (tertiary/aromatic N) is 2. The van der Waals surface area contributed by atoms with Crippen molar-refractivity contribution in [1.82, 2.24) is 4.98 Å². The zero-order chi connectivity index (χ0) is 9.52. The first-order chi connectivity index (χ1) is 6.36. The molecule has 1 aromatic heterocycles. The summed E-state index contributed by atoms with van der Waals surface area (Å²) in [6, 6.07) is 5.55. The normalized spacial score (nSPS) is 9.85. The molecule has 1 rings (SSSR count). The molecule has 1 aromatic rings. The molecule has 0 saturated carbocycles. The van der Waals surface area contributed by atoms with E-state index in [1.54, 1.807) is 18.3 Å². The van der Waals surface area contributed by atoms with Crippen LogP contribution >= 0.6 is 0 Å². The molecular formula is C10H10N2O. The molecule has 1 heterocycles. The van der Waals surface area contributed by atoms with E-state index in [0.29, 0.717) is 12.5 Å². The van der Waals surface area contributed by atoms with Gasteiger partial charge in [0.15, 0.2) is 0 Å². The number of allylic oxidation sites excluding steroid dienone is 1. The molecule has 0 aliphatic heterocycles. The Labute approximate surface area is 77.3 Å². The molecule has 0 spiro atoms. The predicted molar refractivity (Wildman–Crippen MR) is 50.1 cm³/mol. The van der Waals surface area contributed by atoms with Crippen LogP contribution in [-0.2, 0) is 0 Å². The van der Waals surface area contributed by atoms with Crippen LogP contribution in [0.2, 0.25) is 0 Å². The minimum Gasteiger partial charge on any atom is -0.478 e. The molecule has 3 heteroatoms. The van der Waals surface area contributed by atoms with E-state index in [4.69, 9.17) is 10.00 Å². The summed E-state index contributed by atoms with van der Waals surface area (Å²) >= 11 is 0. The highest BCUT2D eigenvalue weighted by Gasteiger charge is 1.91. The molecule has 0 atom stereocenters. The van der Waals surface area contributed by atoms with E-state index in [2.05, 4.69) is 4.98 Å². The van der Waals surface area contributed by atoms with Gasteiger partial charge in [-0.2, -0.15) is 5.26 Å². The SMILES string of the molecule is CCOc1ccc(C=CC#N)cn1. The van der Waals surface area contributed by atoms with Crippen LogP contribution in [0.4, 0.5) is 0 Å². The van der Waals surface area contributed by atoms with Gasteiger partial charge in [-0.3, -0.25) is 0 Å². The summed E-state index contributed by atoms with van der Waals surface area (Å²) in [4.78, 5) is 4.04. The Kier molecular flexibility index (Phi) is 3.52. The van der Waals surface area contributed by atoms with Crippen LogP contribution in [0.5, 0.6) is 5.88 Å². The lowest BCUT2D eigenvalue weighted by Crippen LogP contribution is -1.93. The highest BCUT2D eigenvalue weighted by Crippen LogP contribution is 2.08. The largest absolute Gasteiger partial charge is 0.478 e. The monoisotopic (exact) mass is 174 g/mol. The third kappa shape index (κ3) is 2.96. The van der Waals surface area contributed by atoms with Crippen LogP contribution < -0.4 is 4.74 Å². The Morgan fingerprint density at radius 1 is 1.62 bits per heavy atom. The number of pyridine rings is 1. The molecular weight excluding hydrogens is 164 g/mol. The fourth-order valence-electron chi connectivity index (χ4n) is 0.857. The lowest BCUT2D eigenvalue weighted by atomic mass is 10.2. The quantitative estimate of drug-likeness (QED) is 0.658. The first-order valence-corrected chi connectivity index (χ1v) is 4.02. The van der Waals surface area contributed by atoms with E-state index < -0.39 is 0 Å². The zero-order valence-electron chi connectivity index (χ0n) is 7.40. The fourth-order valence-corrected chi connectivity index (χ4v) is 0.857. The van der Waals surface area contributed by atoms with Crippen molar-refractivity contribution in [3.8, 4) is 11.9 Å². The molecule has 0 radical (unpaired) electrons. The molecule has 0 aromatic carbocycles. The van der Waals surface area contributed by atoms with Crippen molar-refractivity contribution in [2.75, 3.05) is 6.61 Å². The van der Waals surface area contributed by atoms with E-state index in [1.165, 1.54) is 6.08 Å². The van der Waals surface area contributed by atoms with Gasteiger partial charge < -0.3 is 4.74 Å². The second-order valence-electron chi connectivity index (χ2n) is 2.33. The molecule has 0 unspecified atom stereocenters. The summed E-state index contributed by atoms with van der Waals surface area (Å²) in [5.41, 5.74) is 0.894. The molecule has 0 fully saturated rings. The summed E-state index contributed by atoms with van der Waals surface area (Å²) in [7, 11) is 0. The van der Waals surface area contributed by atoms with Crippen LogP contribution in [0, 0.1) is 11.3 Å². The van der Waals surface area contributed by atoms with Crippen LogP contribution in [0.3, 0.4) is 0 Å². The Morgan fingerprint density at radius 3 is 3.00 bits per heavy atom. The third-order valence-electron chi connectivity index (χ3n) is 1.40. The molecule has 0 saturated heterocycles. The molecule has 66 valence electrons. The number of hydrogen-bond donors (Lipinski definition) is 0. The van der Waals surface area contributed by atoms with Crippen molar-refractivity contribution in [2.45, 2.75) is 6.92 Å². The maximum absolute atomic E-state index is 8.28. The molecule has 0 bridgehead atoms. The van der Waals surface area contributed by atoms with Gasteiger partial charge in [0.1, 0.15) is 0 Å². The second-order valence-corrected chi connectivity index (χ2v) is 2.33. The minimum atomic E-state index is 0.608. The number of nitriles is 1. The third-order valence-corrected chi connectivity index (χ3v) is 1.40. The summed E-state index contributed by atoms with van der Waals surface area (Å²) in [5, 5.41) is 8.28. The molecule has 3 nitrogen and oxygen atoms in total. The lowest BCUT2D eigenvalue weighted by Gasteiger charge is -2.00. The van der Waals surface area contributed by atoms with Crippen molar-refractivity contribution in [2.24, 2.45) is 0 Å². The maximum atomic E-state index is 8.28. The molecule has 0 aliphatic carbocycles. The van der Waals surface area contributed by atoms with Gasteiger partial charge in [0.25, 0.3) is 0 Å². The Balaban J connectivity index is 2.70. The van der Waals surface area contributed by atoms with E-state index in [9.17, 15) is 0 Å². The first kappa shape index (κ1) is 9.27. The number of aromatic nitrogens is 1. The summed E-state index contributed by atoms with van der Waals surface area (Å²) < 4.78 is 5.17. The summed E-state index contributed by atoms with van der Waals surface area (Å²) in [6.07, 6.45) is 4.78. The Bertz CT molecular complexity index is 322. The van der Waals surface area contributed by atoms with Crippen molar-refractivity contribution in [3.63, 3.8) is 0 Å². The van der Waals surface area contributed by atoms with E-state index in [0.717, 1.165) is 5.56 Å². The first-order valence-electron chi connectivity index (χ1n) is 4.02. The highest BCUT2D eigenvalue weighted by atomic mass is 16.5. The van der Waals surface area contributed by atoms with E-state index in [1.807, 2.05) is 19.1 Å². The highest BCUT2D eigenvalue weighted by molar-refractivity contribution is 5.50. The molecule has 0 aliphatic rings. The standard InChI is InChI=1S/C10H10N2O/c1-2-13-10-6-5-9(8-12-10)4-3-7-11/h3-6,8H,2H2,1H3. The second kappa shape index (κ2) is 4.94. The lowest BCUT2D eigenvalue weighted by molar-refractivity contribution is 0.327. The molecule has 0 amide bonds. The van der Waals surface area contributed by atoms with Crippen LogP contribution in [0.25, 0.3) is 6.08 Å². The summed E-state index contributed by atoms with van der Waals surface area (Å²) in [5.74, 6) is 0.608. The number of rotatable bonds is 3. The fraction of sp³-hybridized carbons (Fsp3) is 0.200. The number of ether oxygens (including phenoxy) is 1. The Morgan fingerprint density at radius 2 is 2.46 bits per heavy atom. The Hall–Kier alpha value is -1.82. The van der Waals surface area contributed by atoms with Gasteiger partial charge in [-0.05, 0) is 24.6 Å². The van der Waals surface area contributed by atoms with Crippen LogP contribution in [-0.4, -0.2) is 11.6 Å². The van der Waals surface area contributed by atoms with Gasteiger partial charge in [0.2, 0.25) is 5.88 Å². The van der Waals surface area contributed by atoms with E-state index in [-0.39, 0.29) is 0 Å². The number of hydrogen-bond acceptors (Lipinski definition) is 3. The van der Waals surface area contributed by atoms with Crippen molar-refractivity contribution < 1.29 is 4.74 Å². The minimum absolute atomic E-state index is 0.608. The molecule has 0 N–H and O–H groups in total. The van der Waals surface area contributed by atoms with E-state index >= 15 is 0 Å². The van der Waals surface area contributed by atoms with Crippen LogP contribution in [0.1, 0.15) is 12.5 Å². The van der Waals surface area contributed by atoms with Crippen molar-refractivity contribution in [3.05, 3.63) is 30.0 Å². The maximum Gasteiger partial charge on any atom is 0.213 e. The van der Waals surface area contributed by atoms with Gasteiger partial charge in [-0.15, -0.1) is 0 Å². The van der Waals surface area contributed by atoms with Gasteiger partial charge in [0.05, 0.1) is 12.7 Å². The van der Waals surface area contributed by atoms with Gasteiger partial charge in [-0.1, -0.05) is 0 Å². The summed E-state index contributed by atoms with van der Waals surface area (Å²) in [6.45, 7) is 2.52.